The van der Waals surface area contributed by atoms with Crippen molar-refractivity contribution in [2.24, 2.45) is 5.41 Å². The van der Waals surface area contributed by atoms with Gasteiger partial charge in [-0.2, -0.15) is 0 Å². The van der Waals surface area contributed by atoms with Crippen LogP contribution < -0.4 is 5.32 Å². The van der Waals surface area contributed by atoms with Crippen LogP contribution in [0.4, 0.5) is 0 Å². The van der Waals surface area contributed by atoms with Crippen molar-refractivity contribution in [3.63, 3.8) is 0 Å². The third-order valence-corrected chi connectivity index (χ3v) is 6.18. The second-order valence-corrected chi connectivity index (χ2v) is 8.55. The van der Waals surface area contributed by atoms with Crippen LogP contribution in [0.1, 0.15) is 30.0 Å². The zero-order valence-electron chi connectivity index (χ0n) is 17.1. The van der Waals surface area contributed by atoms with E-state index in [1.807, 2.05) is 11.0 Å². The third kappa shape index (κ3) is 4.67. The van der Waals surface area contributed by atoms with Crippen LogP contribution in [0.15, 0.2) is 54.6 Å². The lowest BCUT2D eigenvalue weighted by Gasteiger charge is -2.33. The van der Waals surface area contributed by atoms with Crippen LogP contribution in [0.25, 0.3) is 0 Å². The molecule has 1 spiro atoms. The minimum absolute atomic E-state index is 0.00205. The van der Waals surface area contributed by atoms with E-state index in [0.29, 0.717) is 6.54 Å². The second-order valence-electron chi connectivity index (χ2n) is 8.55. The van der Waals surface area contributed by atoms with Crippen molar-refractivity contribution >= 4 is 11.8 Å². The molecule has 2 aromatic rings. The van der Waals surface area contributed by atoms with E-state index in [1.54, 1.807) is 0 Å². The highest BCUT2D eigenvalue weighted by molar-refractivity contribution is 5.83. The minimum Gasteiger partial charge on any atom is -0.347 e. The molecule has 1 atom stereocenters. The quantitative estimate of drug-likeness (QED) is 0.872. The molecular weight excluding hydrogens is 362 g/mol. The molecule has 2 aromatic carbocycles. The van der Waals surface area contributed by atoms with Crippen LogP contribution in [-0.4, -0.2) is 47.8 Å². The average Bonchev–Trinajstić information content (AvgIpc) is 3.00. The largest absolute Gasteiger partial charge is 0.347 e. The molecule has 0 radical (unpaired) electrons. The lowest BCUT2D eigenvalue weighted by Crippen LogP contribution is -2.45. The van der Waals surface area contributed by atoms with E-state index < -0.39 is 0 Å². The van der Waals surface area contributed by atoms with E-state index in [0.717, 1.165) is 39.0 Å². The van der Waals surface area contributed by atoms with E-state index in [2.05, 4.69) is 58.7 Å². The van der Waals surface area contributed by atoms with Gasteiger partial charge in [0.25, 0.3) is 0 Å². The topological polar surface area (TPSA) is 52.7 Å². The van der Waals surface area contributed by atoms with Crippen LogP contribution in [0.2, 0.25) is 0 Å². The number of nitrogens with zero attached hydrogens (tertiary/aromatic N) is 2. The highest BCUT2D eigenvalue weighted by Gasteiger charge is 2.42. The Morgan fingerprint density at radius 3 is 2.48 bits per heavy atom. The van der Waals surface area contributed by atoms with Crippen LogP contribution in [0.3, 0.4) is 0 Å². The number of hydrogen-bond donors (Lipinski definition) is 1. The summed E-state index contributed by atoms with van der Waals surface area (Å²) < 4.78 is 0. The molecule has 5 heteroatoms. The molecule has 1 saturated heterocycles. The maximum absolute atomic E-state index is 12.9. The van der Waals surface area contributed by atoms with Gasteiger partial charge in [-0.1, -0.05) is 54.6 Å². The van der Waals surface area contributed by atoms with Crippen molar-refractivity contribution in [3.05, 3.63) is 71.3 Å². The summed E-state index contributed by atoms with van der Waals surface area (Å²) in [5.41, 5.74) is 3.97. The molecule has 5 nitrogen and oxygen atoms in total. The molecule has 29 heavy (non-hydrogen) atoms. The Morgan fingerprint density at radius 1 is 1.00 bits per heavy atom. The number of hydrogen-bond acceptors (Lipinski definition) is 3. The predicted octanol–water partition coefficient (Wildman–Crippen LogP) is 2.60. The molecule has 2 amide bonds. The van der Waals surface area contributed by atoms with Gasteiger partial charge in [0.05, 0.1) is 6.54 Å². The summed E-state index contributed by atoms with van der Waals surface area (Å²) in [4.78, 5) is 28.6. The lowest BCUT2D eigenvalue weighted by atomic mass is 9.80. The Balaban J connectivity index is 1.54. The van der Waals surface area contributed by atoms with Crippen molar-refractivity contribution in [2.75, 3.05) is 26.2 Å². The SMILES string of the molecule is CC(=O)NCC(=O)N1Cc2ccccc2CC2(CCN(Cc3ccccc3)C2)C1. The van der Waals surface area contributed by atoms with Gasteiger partial charge < -0.3 is 10.2 Å². The number of carbonyl (C=O) groups is 2. The fourth-order valence-corrected chi connectivity index (χ4v) is 4.78. The van der Waals surface area contributed by atoms with Gasteiger partial charge in [0.2, 0.25) is 11.8 Å². The molecule has 2 aliphatic heterocycles. The van der Waals surface area contributed by atoms with Crippen molar-refractivity contribution < 1.29 is 9.59 Å². The highest BCUT2D eigenvalue weighted by atomic mass is 16.2. The van der Waals surface area contributed by atoms with Crippen molar-refractivity contribution in [2.45, 2.75) is 32.9 Å². The second kappa shape index (κ2) is 8.37. The molecule has 1 N–H and O–H groups in total. The maximum Gasteiger partial charge on any atom is 0.242 e. The van der Waals surface area contributed by atoms with Gasteiger partial charge in [0.15, 0.2) is 0 Å². The van der Waals surface area contributed by atoms with Crippen molar-refractivity contribution in [1.82, 2.24) is 15.1 Å². The molecule has 2 heterocycles. The number of benzene rings is 2. The third-order valence-electron chi connectivity index (χ3n) is 6.18. The van der Waals surface area contributed by atoms with E-state index in [9.17, 15) is 9.59 Å². The van der Waals surface area contributed by atoms with Gasteiger partial charge in [-0.25, -0.2) is 0 Å². The van der Waals surface area contributed by atoms with Crippen molar-refractivity contribution in [3.8, 4) is 0 Å². The molecule has 0 bridgehead atoms. The van der Waals surface area contributed by atoms with Crippen LogP contribution in [0, 0.1) is 5.41 Å². The smallest absolute Gasteiger partial charge is 0.242 e. The first kappa shape index (κ1) is 19.6. The van der Waals surface area contributed by atoms with Crippen LogP contribution in [-0.2, 0) is 29.1 Å². The lowest BCUT2D eigenvalue weighted by molar-refractivity contribution is -0.134. The first-order valence-electron chi connectivity index (χ1n) is 10.4. The summed E-state index contributed by atoms with van der Waals surface area (Å²) in [5.74, 6) is -0.170. The summed E-state index contributed by atoms with van der Waals surface area (Å²) in [6.07, 6.45) is 2.08. The molecular formula is C24H29N3O2. The molecule has 0 saturated carbocycles. The zero-order valence-corrected chi connectivity index (χ0v) is 17.1. The Hall–Kier alpha value is -2.66. The van der Waals surface area contributed by atoms with Crippen LogP contribution >= 0.6 is 0 Å². The van der Waals surface area contributed by atoms with Gasteiger partial charge in [-0.15, -0.1) is 0 Å². The summed E-state index contributed by atoms with van der Waals surface area (Å²) in [6, 6.07) is 19.1. The van der Waals surface area contributed by atoms with E-state index in [4.69, 9.17) is 0 Å². The van der Waals surface area contributed by atoms with Gasteiger partial charge in [0, 0.05) is 38.5 Å². The van der Waals surface area contributed by atoms with Gasteiger partial charge in [0.1, 0.15) is 0 Å². The normalized spacial score (nSPS) is 21.6. The molecule has 1 fully saturated rings. The molecule has 4 rings (SSSR count). The Bertz CT molecular complexity index is 883. The molecule has 0 aromatic heterocycles. The fourth-order valence-electron chi connectivity index (χ4n) is 4.78. The van der Waals surface area contributed by atoms with Crippen LogP contribution in [0.5, 0.6) is 0 Å². The Kier molecular flexibility index (Phi) is 5.67. The zero-order chi connectivity index (χ0) is 20.3. The number of carbonyl (C=O) groups excluding carboxylic acids is 2. The maximum atomic E-state index is 12.9. The molecule has 2 aliphatic rings. The average molecular weight is 392 g/mol. The summed E-state index contributed by atoms with van der Waals surface area (Å²) in [6.45, 7) is 5.86. The predicted molar refractivity (Wildman–Crippen MR) is 113 cm³/mol. The van der Waals surface area contributed by atoms with E-state index in [1.165, 1.54) is 23.6 Å². The van der Waals surface area contributed by atoms with E-state index >= 15 is 0 Å². The number of amides is 2. The Labute approximate surface area is 172 Å². The summed E-state index contributed by atoms with van der Waals surface area (Å²) >= 11 is 0. The Morgan fingerprint density at radius 2 is 1.72 bits per heavy atom. The summed E-state index contributed by atoms with van der Waals surface area (Å²) in [5, 5.41) is 2.67. The monoisotopic (exact) mass is 391 g/mol. The van der Waals surface area contributed by atoms with Gasteiger partial charge >= 0.3 is 0 Å². The fraction of sp³-hybridized carbons (Fsp3) is 0.417. The molecule has 152 valence electrons. The minimum atomic E-state index is -0.168. The van der Waals surface area contributed by atoms with Gasteiger partial charge in [-0.05, 0) is 36.1 Å². The highest BCUT2D eigenvalue weighted by Crippen LogP contribution is 2.39. The number of rotatable bonds is 4. The standard InChI is InChI=1S/C24H29N3O2/c1-19(28)25-14-23(29)27-16-22-10-6-5-9-21(22)13-24(18-27)11-12-26(17-24)15-20-7-3-2-4-8-20/h2-10H,11-18H2,1H3,(H,25,28). The first-order valence-corrected chi connectivity index (χ1v) is 10.4. The number of likely N-dealkylation sites (tertiary alicyclic amines) is 1. The van der Waals surface area contributed by atoms with Gasteiger partial charge in [-0.3, -0.25) is 14.5 Å². The summed E-state index contributed by atoms with van der Waals surface area (Å²) in [7, 11) is 0. The van der Waals surface area contributed by atoms with Crippen molar-refractivity contribution in [1.29, 1.82) is 0 Å². The van der Waals surface area contributed by atoms with E-state index in [-0.39, 0.29) is 23.8 Å². The number of nitrogens with one attached hydrogen (secondary N) is 1. The first-order chi connectivity index (χ1) is 14.0. The number of fused-ring (bicyclic) bond motifs is 1. The molecule has 0 aliphatic carbocycles. The molecule has 1 unspecified atom stereocenters.